The van der Waals surface area contributed by atoms with E-state index in [0.29, 0.717) is 37.3 Å². The third-order valence-electron chi connectivity index (χ3n) is 3.82. The molecule has 1 N–H and O–H groups in total. The van der Waals surface area contributed by atoms with Crippen LogP contribution < -0.4 is 14.8 Å². The molecular formula is C19H18N2O3. The number of rotatable bonds is 5. The third kappa shape index (κ3) is 4.05. The van der Waals surface area contributed by atoms with Crippen molar-refractivity contribution >= 4 is 5.91 Å². The Morgan fingerprint density at radius 2 is 1.92 bits per heavy atom. The maximum Gasteiger partial charge on any atom is 0.220 e. The minimum absolute atomic E-state index is 0.0261. The normalized spacial score (nSPS) is 15.4. The van der Waals surface area contributed by atoms with Crippen LogP contribution in [0, 0.1) is 11.3 Å². The molecule has 0 radical (unpaired) electrons. The Bertz CT molecular complexity index is 750. The first-order valence-corrected chi connectivity index (χ1v) is 7.89. The van der Waals surface area contributed by atoms with Crippen LogP contribution in [-0.2, 0) is 11.2 Å². The number of para-hydroxylation sites is 2. The van der Waals surface area contributed by atoms with Crippen molar-refractivity contribution in [2.24, 2.45) is 0 Å². The number of carbonyl (C=O) groups excluding carboxylic acids is 1. The van der Waals surface area contributed by atoms with Crippen LogP contribution in [0.4, 0.5) is 0 Å². The zero-order valence-electron chi connectivity index (χ0n) is 13.2. The molecule has 0 bridgehead atoms. The number of nitrogens with zero attached hydrogens (tertiary/aromatic N) is 1. The molecule has 1 unspecified atom stereocenters. The molecule has 0 aliphatic carbocycles. The van der Waals surface area contributed by atoms with Crippen molar-refractivity contribution in [1.82, 2.24) is 5.32 Å². The Morgan fingerprint density at radius 3 is 2.67 bits per heavy atom. The van der Waals surface area contributed by atoms with Crippen LogP contribution in [-0.4, -0.2) is 25.2 Å². The molecule has 1 aliphatic rings. The summed E-state index contributed by atoms with van der Waals surface area (Å²) in [6.45, 7) is 0.841. The standard InChI is InChI=1S/C19H18N2O3/c20-11-15-7-5-14(6-8-15)9-10-19(22)21-12-16-13-23-17-3-1-2-4-18(17)24-16/h1-8,16H,9-10,12-13H2,(H,21,22). The molecule has 0 saturated carbocycles. The Morgan fingerprint density at radius 1 is 1.17 bits per heavy atom. The van der Waals surface area contributed by atoms with Crippen LogP contribution in [0.25, 0.3) is 0 Å². The minimum atomic E-state index is -0.182. The molecule has 3 rings (SSSR count). The van der Waals surface area contributed by atoms with Gasteiger partial charge in [-0.2, -0.15) is 5.26 Å². The van der Waals surface area contributed by atoms with Crippen molar-refractivity contribution < 1.29 is 14.3 Å². The lowest BCUT2D eigenvalue weighted by Crippen LogP contribution is -2.40. The Kier molecular flexibility index (Phi) is 4.97. The maximum absolute atomic E-state index is 12.0. The lowest BCUT2D eigenvalue weighted by molar-refractivity contribution is -0.121. The molecule has 5 nitrogen and oxygen atoms in total. The molecule has 0 spiro atoms. The fourth-order valence-electron chi connectivity index (χ4n) is 2.48. The first-order valence-electron chi connectivity index (χ1n) is 7.89. The number of nitrogens with one attached hydrogen (secondary N) is 1. The van der Waals surface area contributed by atoms with Gasteiger partial charge >= 0.3 is 0 Å². The highest BCUT2D eigenvalue weighted by Gasteiger charge is 2.20. The van der Waals surface area contributed by atoms with Crippen LogP contribution >= 0.6 is 0 Å². The lowest BCUT2D eigenvalue weighted by atomic mass is 10.1. The summed E-state index contributed by atoms with van der Waals surface area (Å²) in [5, 5.41) is 11.6. The van der Waals surface area contributed by atoms with Crippen LogP contribution in [0.2, 0.25) is 0 Å². The molecule has 0 aromatic heterocycles. The summed E-state index contributed by atoms with van der Waals surface area (Å²) < 4.78 is 11.4. The number of hydrogen-bond acceptors (Lipinski definition) is 4. The minimum Gasteiger partial charge on any atom is -0.486 e. The van der Waals surface area contributed by atoms with E-state index in [-0.39, 0.29) is 12.0 Å². The topological polar surface area (TPSA) is 71.4 Å². The fraction of sp³-hybridized carbons (Fsp3) is 0.263. The first kappa shape index (κ1) is 15.9. The van der Waals surface area contributed by atoms with Gasteiger partial charge in [-0.3, -0.25) is 4.79 Å². The number of benzene rings is 2. The van der Waals surface area contributed by atoms with Gasteiger partial charge in [0.1, 0.15) is 12.7 Å². The number of aryl methyl sites for hydroxylation is 1. The molecule has 2 aromatic carbocycles. The van der Waals surface area contributed by atoms with Gasteiger partial charge < -0.3 is 14.8 Å². The summed E-state index contributed by atoms with van der Waals surface area (Å²) in [7, 11) is 0. The predicted octanol–water partition coefficient (Wildman–Crippen LogP) is 2.45. The van der Waals surface area contributed by atoms with E-state index in [4.69, 9.17) is 14.7 Å². The third-order valence-corrected chi connectivity index (χ3v) is 3.82. The SMILES string of the molecule is N#Cc1ccc(CCC(=O)NCC2COc3ccccc3O2)cc1. The van der Waals surface area contributed by atoms with E-state index >= 15 is 0 Å². The monoisotopic (exact) mass is 322 g/mol. The van der Waals surface area contributed by atoms with Crippen molar-refractivity contribution in [3.05, 3.63) is 59.7 Å². The molecule has 0 fully saturated rings. The molecule has 2 aromatic rings. The summed E-state index contributed by atoms with van der Waals surface area (Å²) in [4.78, 5) is 12.0. The zero-order chi connectivity index (χ0) is 16.8. The van der Waals surface area contributed by atoms with Crippen LogP contribution in [0.5, 0.6) is 11.5 Å². The zero-order valence-corrected chi connectivity index (χ0v) is 13.2. The van der Waals surface area contributed by atoms with Crippen LogP contribution in [0.3, 0.4) is 0 Å². The van der Waals surface area contributed by atoms with E-state index in [1.54, 1.807) is 12.1 Å². The number of nitriles is 1. The highest BCUT2D eigenvalue weighted by atomic mass is 16.6. The molecule has 5 heteroatoms. The number of fused-ring (bicyclic) bond motifs is 1. The van der Waals surface area contributed by atoms with Gasteiger partial charge in [0.25, 0.3) is 0 Å². The van der Waals surface area contributed by atoms with Gasteiger partial charge in [-0.1, -0.05) is 24.3 Å². The molecular weight excluding hydrogens is 304 g/mol. The lowest BCUT2D eigenvalue weighted by Gasteiger charge is -2.26. The predicted molar refractivity (Wildman–Crippen MR) is 88.8 cm³/mol. The number of hydrogen-bond donors (Lipinski definition) is 1. The number of carbonyl (C=O) groups is 1. The average Bonchev–Trinajstić information content (AvgIpc) is 2.65. The van der Waals surface area contributed by atoms with E-state index in [2.05, 4.69) is 11.4 Å². The molecule has 1 atom stereocenters. The first-order chi connectivity index (χ1) is 11.7. The second-order valence-corrected chi connectivity index (χ2v) is 5.61. The molecule has 0 saturated heterocycles. The van der Waals surface area contributed by atoms with Gasteiger partial charge in [0.15, 0.2) is 11.5 Å². The fourth-order valence-corrected chi connectivity index (χ4v) is 2.48. The Balaban J connectivity index is 1.42. The van der Waals surface area contributed by atoms with Gasteiger partial charge in [0.2, 0.25) is 5.91 Å². The van der Waals surface area contributed by atoms with E-state index in [0.717, 1.165) is 11.3 Å². The van der Waals surface area contributed by atoms with E-state index in [1.807, 2.05) is 36.4 Å². The summed E-state index contributed by atoms with van der Waals surface area (Å²) >= 11 is 0. The van der Waals surface area contributed by atoms with Gasteiger partial charge in [-0.15, -0.1) is 0 Å². The molecule has 1 aliphatic heterocycles. The highest BCUT2D eigenvalue weighted by Crippen LogP contribution is 2.30. The Hall–Kier alpha value is -3.00. The molecule has 1 heterocycles. The van der Waals surface area contributed by atoms with Crippen LogP contribution in [0.15, 0.2) is 48.5 Å². The smallest absolute Gasteiger partial charge is 0.220 e. The number of ether oxygens (including phenoxy) is 2. The largest absolute Gasteiger partial charge is 0.486 e. The van der Waals surface area contributed by atoms with Crippen molar-refractivity contribution in [3.63, 3.8) is 0 Å². The summed E-state index contributed by atoms with van der Waals surface area (Å²) in [5.41, 5.74) is 1.66. The van der Waals surface area contributed by atoms with Crippen molar-refractivity contribution in [3.8, 4) is 17.6 Å². The number of amides is 1. The second-order valence-electron chi connectivity index (χ2n) is 5.61. The van der Waals surface area contributed by atoms with E-state index in [9.17, 15) is 4.79 Å². The average molecular weight is 322 g/mol. The van der Waals surface area contributed by atoms with Gasteiger partial charge in [-0.05, 0) is 36.2 Å². The quantitative estimate of drug-likeness (QED) is 0.918. The van der Waals surface area contributed by atoms with Gasteiger partial charge in [-0.25, -0.2) is 0 Å². The van der Waals surface area contributed by atoms with E-state index in [1.165, 1.54) is 0 Å². The van der Waals surface area contributed by atoms with Crippen molar-refractivity contribution in [2.45, 2.75) is 18.9 Å². The van der Waals surface area contributed by atoms with Gasteiger partial charge in [0.05, 0.1) is 18.2 Å². The molecule has 24 heavy (non-hydrogen) atoms. The van der Waals surface area contributed by atoms with Crippen molar-refractivity contribution in [2.75, 3.05) is 13.2 Å². The van der Waals surface area contributed by atoms with Gasteiger partial charge in [0, 0.05) is 6.42 Å². The second kappa shape index (κ2) is 7.51. The van der Waals surface area contributed by atoms with Crippen LogP contribution in [0.1, 0.15) is 17.5 Å². The maximum atomic E-state index is 12.0. The molecule has 122 valence electrons. The van der Waals surface area contributed by atoms with Crippen molar-refractivity contribution in [1.29, 1.82) is 5.26 Å². The summed E-state index contributed by atoms with van der Waals surface area (Å²) in [6, 6.07) is 16.9. The van der Waals surface area contributed by atoms with E-state index < -0.39 is 0 Å². The Labute approximate surface area is 140 Å². The summed E-state index contributed by atoms with van der Waals surface area (Å²) in [6.07, 6.45) is 0.858. The highest BCUT2D eigenvalue weighted by molar-refractivity contribution is 5.76. The molecule has 1 amide bonds. The summed E-state index contributed by atoms with van der Waals surface area (Å²) in [5.74, 6) is 1.42.